The number of nitrogens with two attached hydrogens (primary N) is 1. The van der Waals surface area contributed by atoms with E-state index in [1.807, 2.05) is 0 Å². The van der Waals surface area contributed by atoms with Gasteiger partial charge in [0.05, 0.1) is 6.04 Å². The third-order valence-electron chi connectivity index (χ3n) is 3.41. The van der Waals surface area contributed by atoms with Gasteiger partial charge in [0, 0.05) is 0 Å². The normalized spacial score (nSPS) is 12.9. The number of hydrogen-bond donors (Lipinski definition) is 2. The second kappa shape index (κ2) is 6.13. The van der Waals surface area contributed by atoms with Gasteiger partial charge in [-0.25, -0.2) is 17.9 Å². The van der Waals surface area contributed by atoms with Crippen LogP contribution in [0.25, 0.3) is 0 Å². The molecule has 0 bridgehead atoms. The predicted octanol–water partition coefficient (Wildman–Crippen LogP) is 2.17. The lowest BCUT2D eigenvalue weighted by Crippen LogP contribution is -2.29. The average molecular weight is 340 g/mol. The largest absolute Gasteiger partial charge is 0.464 e. The number of sulfonamides is 1. The summed E-state index contributed by atoms with van der Waals surface area (Å²) in [5.74, 6) is -0.881. The van der Waals surface area contributed by atoms with Gasteiger partial charge in [0.15, 0.2) is 0 Å². The van der Waals surface area contributed by atoms with Crippen LogP contribution in [0.2, 0.25) is 0 Å². The van der Waals surface area contributed by atoms with Gasteiger partial charge >= 0.3 is 0 Å². The summed E-state index contributed by atoms with van der Waals surface area (Å²) in [4.78, 5) is 12.1. The van der Waals surface area contributed by atoms with E-state index in [0.29, 0.717) is 5.56 Å². The van der Waals surface area contributed by atoms with E-state index in [2.05, 4.69) is 5.32 Å². The number of carbonyl (C=O) groups excluding carboxylic acids is 1. The first-order valence-corrected chi connectivity index (χ1v) is 8.35. The van der Waals surface area contributed by atoms with E-state index in [1.165, 1.54) is 32.0 Å². The summed E-state index contributed by atoms with van der Waals surface area (Å²) in [7, 11) is -4.11. The lowest BCUT2D eigenvalue weighted by atomic mass is 10.1. The molecule has 0 saturated carbocycles. The van der Waals surface area contributed by atoms with Gasteiger partial charge in [-0.2, -0.15) is 0 Å². The summed E-state index contributed by atoms with van der Waals surface area (Å²) in [6, 6.07) is 5.24. The minimum Gasteiger partial charge on any atom is -0.464 e. The molecule has 0 aliphatic carbocycles. The van der Waals surface area contributed by atoms with E-state index < -0.39 is 27.8 Å². The Morgan fingerprint density at radius 1 is 1.30 bits per heavy atom. The number of furan rings is 1. The zero-order valence-electron chi connectivity index (χ0n) is 12.9. The van der Waals surface area contributed by atoms with Crippen molar-refractivity contribution in [2.75, 3.05) is 0 Å². The average Bonchev–Trinajstić information content (AvgIpc) is 2.73. The Bertz CT molecular complexity index is 858. The minimum atomic E-state index is -4.11. The third-order valence-corrected chi connectivity index (χ3v) is 4.47. The quantitative estimate of drug-likeness (QED) is 0.890. The summed E-state index contributed by atoms with van der Waals surface area (Å²) in [5, 5.41) is 7.77. The summed E-state index contributed by atoms with van der Waals surface area (Å²) < 4.78 is 41.8. The van der Waals surface area contributed by atoms with Crippen LogP contribution < -0.4 is 10.5 Å². The Balaban J connectivity index is 2.35. The maximum absolute atomic E-state index is 13.3. The molecule has 0 fully saturated rings. The Hall–Kier alpha value is -2.19. The van der Waals surface area contributed by atoms with Crippen molar-refractivity contribution in [1.29, 1.82) is 0 Å². The molecule has 0 aliphatic heterocycles. The summed E-state index contributed by atoms with van der Waals surface area (Å²) >= 11 is 0. The molecular weight excluding hydrogens is 323 g/mol. The SMILES string of the molecule is Cc1oc(C)c(S(N)(=O)=O)c1C(=O)N[C@H](C)c1cccc(F)c1. The lowest BCUT2D eigenvalue weighted by Gasteiger charge is -2.14. The molecule has 1 aromatic carbocycles. The number of primary sulfonamides is 1. The molecule has 6 nitrogen and oxygen atoms in total. The highest BCUT2D eigenvalue weighted by atomic mass is 32.2. The van der Waals surface area contributed by atoms with Crippen LogP contribution in [0.3, 0.4) is 0 Å². The highest BCUT2D eigenvalue weighted by molar-refractivity contribution is 7.89. The molecule has 1 atom stereocenters. The van der Waals surface area contributed by atoms with Gasteiger partial charge in [-0.3, -0.25) is 4.79 Å². The Kier molecular flexibility index (Phi) is 4.58. The second-order valence-corrected chi connectivity index (χ2v) is 6.71. The van der Waals surface area contributed by atoms with Crippen LogP contribution >= 0.6 is 0 Å². The maximum Gasteiger partial charge on any atom is 0.256 e. The second-order valence-electron chi connectivity index (χ2n) is 5.21. The highest BCUT2D eigenvalue weighted by Crippen LogP contribution is 2.26. The fourth-order valence-corrected chi connectivity index (χ4v) is 3.36. The van der Waals surface area contributed by atoms with Crippen LogP contribution in [0, 0.1) is 19.7 Å². The molecule has 124 valence electrons. The molecule has 2 rings (SSSR count). The van der Waals surface area contributed by atoms with Gasteiger partial charge in [-0.15, -0.1) is 0 Å². The van der Waals surface area contributed by atoms with Gasteiger partial charge in [0.2, 0.25) is 10.0 Å². The number of rotatable bonds is 4. The van der Waals surface area contributed by atoms with Crippen molar-refractivity contribution < 1.29 is 22.0 Å². The van der Waals surface area contributed by atoms with E-state index in [0.717, 1.165) is 0 Å². The lowest BCUT2D eigenvalue weighted by molar-refractivity contribution is 0.0935. The first-order chi connectivity index (χ1) is 10.6. The summed E-state index contributed by atoms with van der Waals surface area (Å²) in [6.45, 7) is 4.55. The standard InChI is InChI=1S/C15H17FN2O4S/c1-8(11-5-4-6-12(16)7-11)18-15(19)13-9(2)22-10(3)14(13)23(17,20)21/h4-8H,1-3H3,(H,18,19)(H2,17,20,21)/t8-/m1/s1. The maximum atomic E-state index is 13.3. The van der Waals surface area contributed by atoms with E-state index in [9.17, 15) is 17.6 Å². The smallest absolute Gasteiger partial charge is 0.256 e. The first kappa shape index (κ1) is 17.2. The molecule has 0 spiro atoms. The zero-order chi connectivity index (χ0) is 17.4. The molecule has 3 N–H and O–H groups in total. The van der Waals surface area contributed by atoms with Crippen LogP contribution in [0.1, 0.15) is 40.4 Å². The molecule has 2 aromatic rings. The number of halogens is 1. The van der Waals surface area contributed by atoms with Crippen LogP contribution in [0.15, 0.2) is 33.6 Å². The molecule has 0 radical (unpaired) electrons. The van der Waals surface area contributed by atoms with Crippen LogP contribution in [-0.2, 0) is 10.0 Å². The molecule has 0 aliphatic rings. The van der Waals surface area contributed by atoms with E-state index in [4.69, 9.17) is 9.56 Å². The van der Waals surface area contributed by atoms with Gasteiger partial charge in [-0.05, 0) is 38.5 Å². The minimum absolute atomic E-state index is 0.0496. The van der Waals surface area contributed by atoms with Crippen molar-refractivity contribution in [1.82, 2.24) is 5.32 Å². The predicted molar refractivity (Wildman–Crippen MR) is 81.8 cm³/mol. The number of aryl methyl sites for hydroxylation is 2. The molecule has 0 saturated heterocycles. The van der Waals surface area contributed by atoms with Crippen LogP contribution in [-0.4, -0.2) is 14.3 Å². The molecule has 23 heavy (non-hydrogen) atoms. The molecule has 1 amide bonds. The van der Waals surface area contributed by atoms with Gasteiger partial charge in [-0.1, -0.05) is 12.1 Å². The molecule has 1 heterocycles. The third kappa shape index (κ3) is 3.59. The Morgan fingerprint density at radius 3 is 2.52 bits per heavy atom. The van der Waals surface area contributed by atoms with Crippen molar-refractivity contribution in [2.45, 2.75) is 31.7 Å². The number of hydrogen-bond acceptors (Lipinski definition) is 4. The molecule has 1 aromatic heterocycles. The number of carbonyl (C=O) groups is 1. The topological polar surface area (TPSA) is 102 Å². The first-order valence-electron chi connectivity index (χ1n) is 6.80. The Labute approximate surface area is 133 Å². The molecular formula is C15H17FN2O4S. The molecule has 8 heteroatoms. The van der Waals surface area contributed by atoms with Crippen molar-refractivity contribution in [3.8, 4) is 0 Å². The van der Waals surface area contributed by atoms with Crippen LogP contribution in [0.4, 0.5) is 4.39 Å². The van der Waals surface area contributed by atoms with Crippen molar-refractivity contribution in [2.24, 2.45) is 5.14 Å². The molecule has 0 unspecified atom stereocenters. The van der Waals surface area contributed by atoms with E-state index in [-0.39, 0.29) is 22.0 Å². The van der Waals surface area contributed by atoms with Crippen LogP contribution in [0.5, 0.6) is 0 Å². The fourth-order valence-electron chi connectivity index (χ4n) is 2.40. The van der Waals surface area contributed by atoms with E-state index in [1.54, 1.807) is 13.0 Å². The van der Waals surface area contributed by atoms with Gasteiger partial charge in [0.25, 0.3) is 5.91 Å². The van der Waals surface area contributed by atoms with Gasteiger partial charge < -0.3 is 9.73 Å². The number of amides is 1. The van der Waals surface area contributed by atoms with Gasteiger partial charge in [0.1, 0.15) is 27.8 Å². The number of benzene rings is 1. The van der Waals surface area contributed by atoms with Crippen molar-refractivity contribution in [3.63, 3.8) is 0 Å². The summed E-state index contributed by atoms with van der Waals surface area (Å²) in [5.41, 5.74) is 0.418. The zero-order valence-corrected chi connectivity index (χ0v) is 13.7. The van der Waals surface area contributed by atoms with E-state index >= 15 is 0 Å². The van der Waals surface area contributed by atoms with Crippen molar-refractivity contribution in [3.05, 3.63) is 52.7 Å². The monoisotopic (exact) mass is 340 g/mol. The number of nitrogens with one attached hydrogen (secondary N) is 1. The summed E-state index contributed by atoms with van der Waals surface area (Å²) in [6.07, 6.45) is 0. The highest BCUT2D eigenvalue weighted by Gasteiger charge is 2.29. The fraction of sp³-hybridized carbons (Fsp3) is 0.267. The Morgan fingerprint density at radius 2 is 1.96 bits per heavy atom. The van der Waals surface area contributed by atoms with Crippen molar-refractivity contribution >= 4 is 15.9 Å².